The molecule has 0 spiro atoms. The van der Waals surface area contributed by atoms with Crippen LogP contribution in [-0.4, -0.2) is 53.3 Å². The quantitative estimate of drug-likeness (QED) is 0.359. The molecular formula is C27H31F3N4O6S2. The van der Waals surface area contributed by atoms with Crippen molar-refractivity contribution >= 4 is 27.4 Å². The molecule has 1 amide bonds. The van der Waals surface area contributed by atoms with Crippen LogP contribution in [-0.2, 0) is 50.3 Å². The van der Waals surface area contributed by atoms with E-state index < -0.39 is 28.3 Å². The fourth-order valence-electron chi connectivity index (χ4n) is 5.14. The van der Waals surface area contributed by atoms with Crippen molar-refractivity contribution in [1.29, 1.82) is 0 Å². The lowest BCUT2D eigenvalue weighted by atomic mass is 9.97. The average molecular weight is 629 g/mol. The first-order valence-electron chi connectivity index (χ1n) is 13.3. The first kappa shape index (κ1) is 30.4. The van der Waals surface area contributed by atoms with Crippen LogP contribution in [0, 0.1) is 20.8 Å². The number of ether oxygens (including phenoxy) is 2. The summed E-state index contributed by atoms with van der Waals surface area (Å²) in [4.78, 5) is 19.2. The molecule has 0 N–H and O–H groups in total. The van der Waals surface area contributed by atoms with Gasteiger partial charge in [0.2, 0.25) is 12.2 Å². The number of aromatic nitrogens is 3. The number of likely N-dealkylation sites (tertiary alicyclic amines) is 1. The Morgan fingerprint density at radius 2 is 1.79 bits per heavy atom. The van der Waals surface area contributed by atoms with E-state index >= 15 is 0 Å². The molecule has 2 aliphatic heterocycles. The number of halogens is 3. The summed E-state index contributed by atoms with van der Waals surface area (Å²) in [6.45, 7) is 6.25. The van der Waals surface area contributed by atoms with E-state index in [4.69, 9.17) is 18.6 Å². The normalized spacial score (nSPS) is 18.5. The van der Waals surface area contributed by atoms with Crippen LogP contribution in [0.5, 0.6) is 5.75 Å². The SMILES string of the molecule is Cc1cc(OS(C)(=O)=O)c2c(c1C)COC(c1csc(C3CCN(C(=O)Cn4nc(C(F)(F)F)cc4C)CC3)n1)OC2. The van der Waals surface area contributed by atoms with Crippen molar-refractivity contribution in [3.8, 4) is 5.75 Å². The van der Waals surface area contributed by atoms with E-state index in [-0.39, 0.29) is 43.0 Å². The second-order valence-electron chi connectivity index (χ2n) is 10.6. The molecule has 4 heterocycles. The van der Waals surface area contributed by atoms with E-state index in [0.717, 1.165) is 38.7 Å². The van der Waals surface area contributed by atoms with Gasteiger partial charge in [0.15, 0.2) is 5.69 Å². The van der Waals surface area contributed by atoms with E-state index in [1.807, 2.05) is 19.2 Å². The number of piperidine rings is 1. The second kappa shape index (κ2) is 11.6. The number of alkyl halides is 3. The van der Waals surface area contributed by atoms with Crippen molar-refractivity contribution in [2.45, 2.75) is 71.8 Å². The molecule has 2 aliphatic rings. The van der Waals surface area contributed by atoms with Gasteiger partial charge in [-0.25, -0.2) is 4.98 Å². The first-order chi connectivity index (χ1) is 19.7. The van der Waals surface area contributed by atoms with Gasteiger partial charge in [-0.3, -0.25) is 9.48 Å². The molecule has 0 bridgehead atoms. The highest BCUT2D eigenvalue weighted by Gasteiger charge is 2.35. The molecule has 1 saturated heterocycles. The Kier molecular flexibility index (Phi) is 8.40. The molecule has 42 heavy (non-hydrogen) atoms. The van der Waals surface area contributed by atoms with Crippen LogP contribution in [0.15, 0.2) is 17.5 Å². The van der Waals surface area contributed by atoms with Crippen LogP contribution in [0.2, 0.25) is 0 Å². The van der Waals surface area contributed by atoms with Gasteiger partial charge < -0.3 is 18.6 Å². The van der Waals surface area contributed by atoms with Gasteiger partial charge in [0, 0.05) is 35.6 Å². The minimum absolute atomic E-state index is 0.0829. The van der Waals surface area contributed by atoms with Gasteiger partial charge in [-0.05, 0) is 62.4 Å². The molecule has 1 aromatic carbocycles. The summed E-state index contributed by atoms with van der Waals surface area (Å²) in [5.74, 6) is 0.0557. The fourth-order valence-corrected chi connectivity index (χ4v) is 6.61. The van der Waals surface area contributed by atoms with Crippen molar-refractivity contribution in [2.75, 3.05) is 19.3 Å². The van der Waals surface area contributed by atoms with Crippen LogP contribution in [0.25, 0.3) is 0 Å². The van der Waals surface area contributed by atoms with Crippen LogP contribution in [0.3, 0.4) is 0 Å². The maximum atomic E-state index is 13.0. The maximum Gasteiger partial charge on any atom is 0.435 e. The number of fused-ring (bicyclic) bond motifs is 1. The number of benzene rings is 1. The zero-order valence-corrected chi connectivity index (χ0v) is 25.2. The maximum absolute atomic E-state index is 13.0. The average Bonchev–Trinajstić information content (AvgIpc) is 3.47. The minimum Gasteiger partial charge on any atom is -0.382 e. The van der Waals surface area contributed by atoms with Crippen LogP contribution in [0.1, 0.15) is 69.4 Å². The molecule has 0 aliphatic carbocycles. The molecule has 1 fully saturated rings. The Balaban J connectivity index is 1.20. The topological polar surface area (TPSA) is 113 Å². The Morgan fingerprint density at radius 1 is 1.12 bits per heavy atom. The molecule has 2 aromatic heterocycles. The third-order valence-corrected chi connectivity index (χ3v) is 9.10. The summed E-state index contributed by atoms with van der Waals surface area (Å²) in [7, 11) is -3.74. The number of hydrogen-bond acceptors (Lipinski definition) is 9. The number of amides is 1. The largest absolute Gasteiger partial charge is 0.435 e. The molecule has 1 atom stereocenters. The second-order valence-corrected chi connectivity index (χ2v) is 13.1. The smallest absolute Gasteiger partial charge is 0.382 e. The van der Waals surface area contributed by atoms with E-state index in [9.17, 15) is 26.4 Å². The molecule has 15 heteroatoms. The lowest BCUT2D eigenvalue weighted by Crippen LogP contribution is -2.40. The Labute approximate surface area is 245 Å². The summed E-state index contributed by atoms with van der Waals surface area (Å²) < 4.78 is 81.0. The van der Waals surface area contributed by atoms with Crippen LogP contribution in [0.4, 0.5) is 13.2 Å². The number of carbonyl (C=O) groups is 1. The summed E-state index contributed by atoms with van der Waals surface area (Å²) in [6, 6.07) is 2.62. The van der Waals surface area contributed by atoms with Gasteiger partial charge in [0.25, 0.3) is 0 Å². The van der Waals surface area contributed by atoms with Crippen LogP contribution >= 0.6 is 11.3 Å². The fraction of sp³-hybridized carbons (Fsp3) is 0.519. The van der Waals surface area contributed by atoms with Crippen molar-refractivity contribution in [1.82, 2.24) is 19.7 Å². The molecular weight excluding hydrogens is 597 g/mol. The minimum atomic E-state index is -4.56. The van der Waals surface area contributed by atoms with Gasteiger partial charge in [-0.15, -0.1) is 11.3 Å². The Hall–Kier alpha value is -3.01. The highest BCUT2D eigenvalue weighted by molar-refractivity contribution is 7.86. The summed E-state index contributed by atoms with van der Waals surface area (Å²) >= 11 is 1.48. The summed E-state index contributed by atoms with van der Waals surface area (Å²) in [5, 5.41) is 6.31. The molecule has 0 radical (unpaired) electrons. The molecule has 3 aromatic rings. The highest BCUT2D eigenvalue weighted by Crippen LogP contribution is 2.38. The molecule has 228 valence electrons. The molecule has 0 saturated carbocycles. The number of thiazole rings is 1. The van der Waals surface area contributed by atoms with Crippen molar-refractivity contribution in [2.24, 2.45) is 0 Å². The number of aryl methyl sites for hydroxylation is 2. The zero-order valence-electron chi connectivity index (χ0n) is 23.5. The van der Waals surface area contributed by atoms with Gasteiger partial charge in [0.1, 0.15) is 18.0 Å². The van der Waals surface area contributed by atoms with Crippen molar-refractivity contribution < 1.29 is 40.0 Å². The number of carbonyl (C=O) groups excluding carboxylic acids is 1. The third kappa shape index (κ3) is 6.63. The summed E-state index contributed by atoms with van der Waals surface area (Å²) in [6.07, 6.45) is -3.00. The Bertz CT molecular complexity index is 1590. The van der Waals surface area contributed by atoms with E-state index in [0.29, 0.717) is 37.2 Å². The lowest BCUT2D eigenvalue weighted by Gasteiger charge is -2.31. The van der Waals surface area contributed by atoms with Gasteiger partial charge in [-0.1, -0.05) is 0 Å². The lowest BCUT2D eigenvalue weighted by molar-refractivity contribution is -0.155. The number of rotatable bonds is 6. The standard InChI is InChI=1S/C27H31F3N4O6S2/c1-15-9-22(40-42(4,36)37)20-13-39-26(38-12-19(20)17(15)3)21-14-41-25(31-21)18-5-7-33(8-6-18)24(35)11-34-16(2)10-23(32-34)27(28,29)30/h9-10,14,18,26H,5-8,11-13H2,1-4H3. The molecule has 5 rings (SSSR count). The third-order valence-electron chi connectivity index (χ3n) is 7.59. The van der Waals surface area contributed by atoms with E-state index in [2.05, 4.69) is 5.10 Å². The Morgan fingerprint density at radius 3 is 2.40 bits per heavy atom. The summed E-state index contributed by atoms with van der Waals surface area (Å²) in [5.41, 5.74) is 3.17. The zero-order chi connectivity index (χ0) is 30.4. The van der Waals surface area contributed by atoms with Crippen molar-refractivity contribution in [3.05, 3.63) is 61.9 Å². The van der Waals surface area contributed by atoms with Crippen LogP contribution < -0.4 is 4.18 Å². The van der Waals surface area contributed by atoms with Crippen molar-refractivity contribution in [3.63, 3.8) is 0 Å². The predicted molar refractivity (Wildman–Crippen MR) is 146 cm³/mol. The van der Waals surface area contributed by atoms with Gasteiger partial charge in [0.05, 0.1) is 24.5 Å². The monoisotopic (exact) mass is 628 g/mol. The molecule has 1 unspecified atom stereocenters. The van der Waals surface area contributed by atoms with Gasteiger partial charge in [-0.2, -0.15) is 26.7 Å². The first-order valence-corrected chi connectivity index (χ1v) is 16.0. The molecule has 10 nitrogen and oxygen atoms in total. The van der Waals surface area contributed by atoms with E-state index in [1.165, 1.54) is 18.3 Å². The van der Waals surface area contributed by atoms with Gasteiger partial charge >= 0.3 is 16.3 Å². The highest BCUT2D eigenvalue weighted by atomic mass is 32.2. The number of hydrogen-bond donors (Lipinski definition) is 0. The van der Waals surface area contributed by atoms with E-state index in [1.54, 1.807) is 11.0 Å². The predicted octanol–water partition coefficient (Wildman–Crippen LogP) is 4.77. The number of nitrogens with zero attached hydrogens (tertiary/aromatic N) is 4.